The highest BCUT2D eigenvalue weighted by atomic mass is 19.2. The van der Waals surface area contributed by atoms with Crippen LogP contribution in [-0.2, 0) is 24.4 Å². The summed E-state index contributed by atoms with van der Waals surface area (Å²) < 4.78 is 30.4. The predicted octanol–water partition coefficient (Wildman–Crippen LogP) is 2.59. The number of halogens is 2. The summed E-state index contributed by atoms with van der Waals surface area (Å²) in [5.41, 5.74) is -0.735. The van der Waals surface area contributed by atoms with Gasteiger partial charge in [-0.2, -0.15) is 0 Å². The van der Waals surface area contributed by atoms with Gasteiger partial charge in [-0.3, -0.25) is 14.2 Å². The van der Waals surface area contributed by atoms with E-state index in [0.717, 1.165) is 16.7 Å². The molecule has 31 heavy (non-hydrogen) atoms. The van der Waals surface area contributed by atoms with E-state index in [-0.39, 0.29) is 28.7 Å². The first-order valence-corrected chi connectivity index (χ1v) is 10.0. The molecular formula is C21H25F2N5O3. The quantitative estimate of drug-likeness (QED) is 0.620. The maximum absolute atomic E-state index is 13.4. The van der Waals surface area contributed by atoms with Gasteiger partial charge in [0.15, 0.2) is 22.8 Å². The lowest BCUT2D eigenvalue weighted by Gasteiger charge is -2.14. The third-order valence-electron chi connectivity index (χ3n) is 4.60. The third kappa shape index (κ3) is 4.73. The molecule has 1 amide bonds. The number of nitrogens with one attached hydrogen (secondary N) is 1. The van der Waals surface area contributed by atoms with E-state index in [1.54, 1.807) is 4.57 Å². The number of fused-ring (bicyclic) bond motifs is 1. The van der Waals surface area contributed by atoms with Crippen molar-refractivity contribution in [2.24, 2.45) is 11.8 Å². The Morgan fingerprint density at radius 2 is 1.71 bits per heavy atom. The summed E-state index contributed by atoms with van der Waals surface area (Å²) in [7, 11) is 0. The van der Waals surface area contributed by atoms with Crippen LogP contribution in [-0.4, -0.2) is 24.6 Å². The molecule has 3 aromatic rings. The van der Waals surface area contributed by atoms with Gasteiger partial charge in [0.25, 0.3) is 5.56 Å². The Bertz CT molecular complexity index is 1240. The summed E-state index contributed by atoms with van der Waals surface area (Å²) in [5.74, 6) is -2.55. The highest BCUT2D eigenvalue weighted by Crippen LogP contribution is 2.14. The van der Waals surface area contributed by atoms with E-state index in [2.05, 4.69) is 10.3 Å². The minimum absolute atomic E-state index is 0.0189. The normalized spacial score (nSPS) is 11.6. The van der Waals surface area contributed by atoms with Gasteiger partial charge in [0, 0.05) is 24.8 Å². The maximum atomic E-state index is 13.4. The summed E-state index contributed by atoms with van der Waals surface area (Å²) in [4.78, 5) is 43.0. The first kappa shape index (κ1) is 22.4. The molecule has 0 atom stereocenters. The molecule has 10 heteroatoms. The van der Waals surface area contributed by atoms with Crippen LogP contribution in [0.15, 0.2) is 34.1 Å². The van der Waals surface area contributed by atoms with Gasteiger partial charge in [-0.05, 0) is 24.0 Å². The molecule has 2 heterocycles. The van der Waals surface area contributed by atoms with Crippen LogP contribution < -0.4 is 16.6 Å². The monoisotopic (exact) mass is 433 g/mol. The van der Waals surface area contributed by atoms with Crippen LogP contribution in [0.5, 0.6) is 0 Å². The molecule has 0 fully saturated rings. The van der Waals surface area contributed by atoms with Crippen LogP contribution >= 0.6 is 0 Å². The Morgan fingerprint density at radius 1 is 1.03 bits per heavy atom. The van der Waals surface area contributed by atoms with Crippen molar-refractivity contribution in [3.63, 3.8) is 0 Å². The van der Waals surface area contributed by atoms with Gasteiger partial charge in [-0.15, -0.1) is 0 Å². The molecule has 166 valence electrons. The van der Waals surface area contributed by atoms with Gasteiger partial charge in [0.05, 0.1) is 6.33 Å². The molecule has 0 unspecified atom stereocenters. The van der Waals surface area contributed by atoms with Crippen molar-refractivity contribution in [3.05, 3.63) is 57.0 Å². The van der Waals surface area contributed by atoms with E-state index >= 15 is 0 Å². The second kappa shape index (κ2) is 8.83. The largest absolute Gasteiger partial charge is 0.333 e. The average Bonchev–Trinajstić information content (AvgIpc) is 3.08. The van der Waals surface area contributed by atoms with Crippen molar-refractivity contribution < 1.29 is 13.6 Å². The summed E-state index contributed by atoms with van der Waals surface area (Å²) in [6, 6.07) is 2.90. The fraction of sp³-hybridized carbons (Fsp3) is 0.429. The third-order valence-corrected chi connectivity index (χ3v) is 4.60. The number of hydrogen-bond acceptors (Lipinski definition) is 4. The fourth-order valence-corrected chi connectivity index (χ4v) is 3.36. The molecule has 0 spiro atoms. The molecule has 0 saturated heterocycles. The number of carbonyl (C=O) groups excluding carboxylic acids is 1. The zero-order valence-electron chi connectivity index (χ0n) is 17.9. The second-order valence-corrected chi connectivity index (χ2v) is 8.32. The molecule has 0 aliphatic rings. The number of amides is 1. The highest BCUT2D eigenvalue weighted by molar-refractivity contribution is 5.90. The maximum Gasteiger partial charge on any atom is 0.333 e. The van der Waals surface area contributed by atoms with Gasteiger partial charge in [0.2, 0.25) is 5.91 Å². The van der Waals surface area contributed by atoms with E-state index in [9.17, 15) is 23.2 Å². The fourth-order valence-electron chi connectivity index (χ4n) is 3.36. The standard InChI is InChI=1S/C21H25F2N5O3/c1-12(2)8-26-11-24-19-18(26)20(30)28(21(31)27(19)9-13(3)4)10-17(29)25-14-5-6-15(22)16(23)7-14/h5-7,11-13H,8-10H2,1-4H3,(H,25,29). The Labute approximate surface area is 177 Å². The van der Waals surface area contributed by atoms with Gasteiger partial charge in [0.1, 0.15) is 6.54 Å². The minimum atomic E-state index is -1.12. The Balaban J connectivity index is 2.05. The van der Waals surface area contributed by atoms with Crippen LogP contribution in [0.25, 0.3) is 11.2 Å². The lowest BCUT2D eigenvalue weighted by Crippen LogP contribution is -2.43. The van der Waals surface area contributed by atoms with Crippen molar-refractivity contribution in [2.45, 2.75) is 47.3 Å². The van der Waals surface area contributed by atoms with Crippen molar-refractivity contribution in [3.8, 4) is 0 Å². The molecule has 0 saturated carbocycles. The van der Waals surface area contributed by atoms with Crippen molar-refractivity contribution in [1.82, 2.24) is 18.7 Å². The summed E-state index contributed by atoms with van der Waals surface area (Å²) in [6.45, 7) is 8.10. The Kier molecular flexibility index (Phi) is 6.37. The number of rotatable bonds is 7. The van der Waals surface area contributed by atoms with E-state index in [4.69, 9.17) is 0 Å². The smallest absolute Gasteiger partial charge is 0.324 e. The molecule has 1 aromatic carbocycles. The molecular weight excluding hydrogens is 408 g/mol. The molecule has 2 aromatic heterocycles. The van der Waals surface area contributed by atoms with E-state index in [0.29, 0.717) is 13.1 Å². The van der Waals surface area contributed by atoms with E-state index in [1.165, 1.54) is 17.0 Å². The zero-order valence-corrected chi connectivity index (χ0v) is 17.9. The molecule has 0 radical (unpaired) electrons. The number of anilines is 1. The van der Waals surface area contributed by atoms with Crippen molar-refractivity contribution in [1.29, 1.82) is 0 Å². The van der Waals surface area contributed by atoms with Gasteiger partial charge < -0.3 is 9.88 Å². The van der Waals surface area contributed by atoms with Gasteiger partial charge in [-0.25, -0.2) is 23.1 Å². The number of hydrogen-bond donors (Lipinski definition) is 1. The number of benzene rings is 1. The highest BCUT2D eigenvalue weighted by Gasteiger charge is 2.20. The summed E-state index contributed by atoms with van der Waals surface area (Å²) >= 11 is 0. The average molecular weight is 433 g/mol. The number of nitrogens with zero attached hydrogens (tertiary/aromatic N) is 4. The van der Waals surface area contributed by atoms with Crippen LogP contribution in [0.2, 0.25) is 0 Å². The molecule has 0 bridgehead atoms. The zero-order chi connectivity index (χ0) is 22.9. The lowest BCUT2D eigenvalue weighted by atomic mass is 10.2. The lowest BCUT2D eigenvalue weighted by molar-refractivity contribution is -0.116. The second-order valence-electron chi connectivity index (χ2n) is 8.32. The van der Waals surface area contributed by atoms with Crippen molar-refractivity contribution in [2.75, 3.05) is 5.32 Å². The van der Waals surface area contributed by atoms with Gasteiger partial charge >= 0.3 is 5.69 Å². The van der Waals surface area contributed by atoms with Gasteiger partial charge in [-0.1, -0.05) is 27.7 Å². The molecule has 3 rings (SSSR count). The predicted molar refractivity (Wildman–Crippen MR) is 113 cm³/mol. The van der Waals surface area contributed by atoms with E-state index in [1.807, 2.05) is 27.7 Å². The first-order chi connectivity index (χ1) is 14.6. The number of carbonyl (C=O) groups is 1. The molecule has 0 aliphatic heterocycles. The van der Waals surface area contributed by atoms with Crippen LogP contribution in [0.1, 0.15) is 27.7 Å². The summed E-state index contributed by atoms with van der Waals surface area (Å²) in [6.07, 6.45) is 1.52. The molecule has 1 N–H and O–H groups in total. The number of imidazole rings is 1. The Hall–Kier alpha value is -3.30. The van der Waals surface area contributed by atoms with Crippen LogP contribution in [0, 0.1) is 23.5 Å². The van der Waals surface area contributed by atoms with Crippen LogP contribution in [0.3, 0.4) is 0 Å². The topological polar surface area (TPSA) is 90.9 Å². The summed E-state index contributed by atoms with van der Waals surface area (Å²) in [5, 5.41) is 2.39. The molecule has 0 aliphatic carbocycles. The van der Waals surface area contributed by atoms with Crippen molar-refractivity contribution >= 4 is 22.8 Å². The van der Waals surface area contributed by atoms with Crippen LogP contribution in [0.4, 0.5) is 14.5 Å². The molecule has 8 nitrogen and oxygen atoms in total. The SMILES string of the molecule is CC(C)Cn1cnc2c1c(=O)n(CC(=O)Nc1ccc(F)c(F)c1)c(=O)n2CC(C)C. The minimum Gasteiger partial charge on any atom is -0.324 e. The Morgan fingerprint density at radius 3 is 2.32 bits per heavy atom. The number of aromatic nitrogens is 4. The first-order valence-electron chi connectivity index (χ1n) is 10.0. The van der Waals surface area contributed by atoms with E-state index < -0.39 is 35.3 Å².